The number of nitrogens with zero attached hydrogens (tertiary/aromatic N) is 1. The van der Waals surface area contributed by atoms with Gasteiger partial charge < -0.3 is 19.8 Å². The van der Waals surface area contributed by atoms with Gasteiger partial charge in [0.1, 0.15) is 6.61 Å². The molecule has 1 amide bonds. The lowest BCUT2D eigenvalue weighted by molar-refractivity contribution is -0.115. The molecule has 0 saturated heterocycles. The maximum atomic E-state index is 12.4. The maximum Gasteiger partial charge on any atom is 0.478 e. The number of amides is 1. The highest BCUT2D eigenvalue weighted by molar-refractivity contribution is 7.13. The first-order valence-corrected chi connectivity index (χ1v) is 7.59. The lowest BCUT2D eigenvalue weighted by Gasteiger charge is -2.17. The Hall–Kier alpha value is -1.64. The van der Waals surface area contributed by atoms with Crippen molar-refractivity contribution in [2.24, 2.45) is 5.16 Å². The second-order valence-electron chi connectivity index (χ2n) is 4.35. The summed E-state index contributed by atoms with van der Waals surface area (Å²) >= 11 is 1.40. The standard InChI is InChI=1S/C13H17BN2O4S/c1-2-20-16-12(10-6-5-9-21-10)13(17)15-11-7-3-4-8-19-14(11)18/h3-6,9,11,18H,2,7-8H2,1H3,(H,15,17)/b16-12+. The molecule has 1 aromatic heterocycles. The molecule has 2 heterocycles. The van der Waals surface area contributed by atoms with Crippen LogP contribution in [0, 0.1) is 0 Å². The van der Waals surface area contributed by atoms with Crippen LogP contribution in [0.2, 0.25) is 0 Å². The van der Waals surface area contributed by atoms with E-state index in [0.717, 1.165) is 0 Å². The van der Waals surface area contributed by atoms with Gasteiger partial charge >= 0.3 is 7.12 Å². The lowest BCUT2D eigenvalue weighted by atomic mass is 9.77. The van der Waals surface area contributed by atoms with E-state index in [1.807, 2.05) is 23.6 Å². The molecule has 21 heavy (non-hydrogen) atoms. The van der Waals surface area contributed by atoms with Gasteiger partial charge in [0.15, 0.2) is 5.71 Å². The molecule has 0 bridgehead atoms. The number of thiophene rings is 1. The molecule has 0 saturated carbocycles. The zero-order chi connectivity index (χ0) is 15.1. The summed E-state index contributed by atoms with van der Waals surface area (Å²) in [5.74, 6) is -0.906. The fourth-order valence-electron chi connectivity index (χ4n) is 1.81. The average molecular weight is 308 g/mol. The molecule has 112 valence electrons. The molecule has 1 unspecified atom stereocenters. The van der Waals surface area contributed by atoms with Gasteiger partial charge in [0.25, 0.3) is 5.91 Å². The molecule has 0 radical (unpaired) electrons. The Bertz CT molecular complexity index is 518. The molecule has 2 rings (SSSR count). The largest absolute Gasteiger partial charge is 0.478 e. The maximum absolute atomic E-state index is 12.4. The summed E-state index contributed by atoms with van der Waals surface area (Å²) in [4.78, 5) is 18.1. The summed E-state index contributed by atoms with van der Waals surface area (Å²) < 4.78 is 5.15. The third-order valence-corrected chi connectivity index (χ3v) is 3.71. The van der Waals surface area contributed by atoms with Crippen molar-refractivity contribution in [3.8, 4) is 0 Å². The summed E-state index contributed by atoms with van der Waals surface area (Å²) in [6.45, 7) is 2.50. The minimum absolute atomic E-state index is 0.201. The Balaban J connectivity index is 2.09. The van der Waals surface area contributed by atoms with Crippen LogP contribution >= 0.6 is 11.3 Å². The molecule has 1 aliphatic rings. The number of carbonyl (C=O) groups excluding carboxylic acids is 1. The minimum Gasteiger partial charge on any atom is -0.426 e. The van der Waals surface area contributed by atoms with E-state index in [1.54, 1.807) is 13.0 Å². The second kappa shape index (κ2) is 7.97. The third kappa shape index (κ3) is 4.42. The molecule has 8 heteroatoms. The van der Waals surface area contributed by atoms with Gasteiger partial charge in [-0.25, -0.2) is 0 Å². The van der Waals surface area contributed by atoms with E-state index in [-0.39, 0.29) is 5.71 Å². The van der Waals surface area contributed by atoms with Crippen molar-refractivity contribution in [3.63, 3.8) is 0 Å². The highest BCUT2D eigenvalue weighted by Crippen LogP contribution is 2.12. The molecule has 1 aromatic rings. The fourth-order valence-corrected chi connectivity index (χ4v) is 2.51. The van der Waals surface area contributed by atoms with Crippen molar-refractivity contribution >= 4 is 30.1 Å². The smallest absolute Gasteiger partial charge is 0.426 e. The van der Waals surface area contributed by atoms with Gasteiger partial charge in [-0.1, -0.05) is 23.4 Å². The van der Waals surface area contributed by atoms with E-state index in [2.05, 4.69) is 10.5 Å². The van der Waals surface area contributed by atoms with Crippen molar-refractivity contribution in [1.82, 2.24) is 5.32 Å². The van der Waals surface area contributed by atoms with Crippen LogP contribution < -0.4 is 5.32 Å². The Labute approximate surface area is 127 Å². The lowest BCUT2D eigenvalue weighted by Crippen LogP contribution is -2.49. The van der Waals surface area contributed by atoms with Crippen LogP contribution in [-0.4, -0.2) is 42.9 Å². The molecule has 0 fully saturated rings. The molecule has 6 nitrogen and oxygen atoms in total. The molecule has 2 N–H and O–H groups in total. The average Bonchev–Trinajstić information content (AvgIpc) is 2.92. The Morgan fingerprint density at radius 1 is 1.67 bits per heavy atom. The van der Waals surface area contributed by atoms with Gasteiger partial charge in [-0.15, -0.1) is 11.3 Å². The van der Waals surface area contributed by atoms with Crippen molar-refractivity contribution < 1.29 is 19.3 Å². The predicted octanol–water partition coefficient (Wildman–Crippen LogP) is 0.970. The Kier molecular flexibility index (Phi) is 5.97. The van der Waals surface area contributed by atoms with E-state index in [4.69, 9.17) is 9.49 Å². The van der Waals surface area contributed by atoms with E-state index < -0.39 is 19.0 Å². The first kappa shape index (κ1) is 15.7. The Morgan fingerprint density at radius 3 is 3.24 bits per heavy atom. The number of nitrogens with one attached hydrogen (secondary N) is 1. The van der Waals surface area contributed by atoms with Crippen molar-refractivity contribution in [2.45, 2.75) is 19.3 Å². The summed E-state index contributed by atoms with van der Waals surface area (Å²) in [6.07, 6.45) is 4.18. The van der Waals surface area contributed by atoms with Gasteiger partial charge in [0.2, 0.25) is 0 Å². The van der Waals surface area contributed by atoms with Crippen LogP contribution in [0.4, 0.5) is 0 Å². The van der Waals surface area contributed by atoms with Gasteiger partial charge in [-0.2, -0.15) is 0 Å². The molecule has 0 spiro atoms. The normalized spacial score (nSPS) is 19.2. The highest BCUT2D eigenvalue weighted by Gasteiger charge is 2.30. The van der Waals surface area contributed by atoms with Gasteiger partial charge in [0, 0.05) is 6.61 Å². The molecule has 1 aliphatic heterocycles. The topological polar surface area (TPSA) is 80.2 Å². The molecule has 1 atom stereocenters. The van der Waals surface area contributed by atoms with Crippen molar-refractivity contribution in [2.75, 3.05) is 13.2 Å². The van der Waals surface area contributed by atoms with Crippen LogP contribution in [0.5, 0.6) is 0 Å². The summed E-state index contributed by atoms with van der Waals surface area (Å²) in [5.41, 5.74) is 0.201. The zero-order valence-corrected chi connectivity index (χ0v) is 12.5. The quantitative estimate of drug-likeness (QED) is 0.368. The molecule has 0 aliphatic carbocycles. The van der Waals surface area contributed by atoms with Gasteiger partial charge in [-0.3, -0.25) is 4.79 Å². The number of hydrogen-bond donors (Lipinski definition) is 2. The SMILES string of the molecule is CCO/N=C(/C(=O)NC1CC=CCOB1O)c1cccs1. The Morgan fingerprint density at radius 2 is 2.52 bits per heavy atom. The van der Waals surface area contributed by atoms with Gasteiger partial charge in [-0.05, 0) is 24.8 Å². The van der Waals surface area contributed by atoms with Crippen molar-refractivity contribution in [3.05, 3.63) is 34.5 Å². The summed E-state index contributed by atoms with van der Waals surface area (Å²) in [7, 11) is -1.04. The highest BCUT2D eigenvalue weighted by atomic mass is 32.1. The van der Waals surface area contributed by atoms with E-state index >= 15 is 0 Å². The van der Waals surface area contributed by atoms with E-state index in [1.165, 1.54) is 11.3 Å². The van der Waals surface area contributed by atoms with Crippen LogP contribution in [-0.2, 0) is 14.3 Å². The first-order valence-electron chi connectivity index (χ1n) is 6.71. The first-order chi connectivity index (χ1) is 10.2. The summed E-state index contributed by atoms with van der Waals surface area (Å²) in [5, 5.41) is 18.3. The fraction of sp³-hybridized carbons (Fsp3) is 0.385. The zero-order valence-electron chi connectivity index (χ0n) is 11.7. The van der Waals surface area contributed by atoms with Gasteiger partial charge in [0.05, 0.1) is 10.8 Å². The van der Waals surface area contributed by atoms with Crippen LogP contribution in [0.15, 0.2) is 34.8 Å². The number of carbonyl (C=O) groups is 1. The number of oxime groups is 1. The monoisotopic (exact) mass is 308 g/mol. The number of hydrogen-bond acceptors (Lipinski definition) is 6. The van der Waals surface area contributed by atoms with Crippen LogP contribution in [0.3, 0.4) is 0 Å². The van der Waals surface area contributed by atoms with Crippen molar-refractivity contribution in [1.29, 1.82) is 0 Å². The number of rotatable bonds is 5. The minimum atomic E-state index is -1.04. The van der Waals surface area contributed by atoms with Crippen LogP contribution in [0.1, 0.15) is 18.2 Å². The molecule has 0 aromatic carbocycles. The summed E-state index contributed by atoms with van der Waals surface area (Å²) in [6, 6.07) is 3.63. The van der Waals surface area contributed by atoms with Crippen LogP contribution in [0.25, 0.3) is 0 Å². The second-order valence-corrected chi connectivity index (χ2v) is 5.29. The molecular formula is C13H17BN2O4S. The third-order valence-electron chi connectivity index (χ3n) is 2.84. The molecular weight excluding hydrogens is 291 g/mol. The predicted molar refractivity (Wildman–Crippen MR) is 82.1 cm³/mol. The van der Waals surface area contributed by atoms with E-state index in [0.29, 0.717) is 24.5 Å². The van der Waals surface area contributed by atoms with E-state index in [9.17, 15) is 9.82 Å².